The van der Waals surface area contributed by atoms with E-state index in [1.54, 1.807) is 6.92 Å². The summed E-state index contributed by atoms with van der Waals surface area (Å²) in [7, 11) is -4.05. The Morgan fingerprint density at radius 2 is 1.90 bits per heavy atom. The molecule has 104 valence electrons. The number of aromatic hydroxyl groups is 1. The van der Waals surface area contributed by atoms with Gasteiger partial charge in [0.15, 0.2) is 0 Å². The molecule has 0 atom stereocenters. The van der Waals surface area contributed by atoms with Gasteiger partial charge in [-0.05, 0) is 30.7 Å². The molecule has 2 aromatic carbocycles. The normalized spacial score (nSPS) is 11.1. The molecule has 5 nitrogen and oxygen atoms in total. The number of phenols is 1. The molecular formula is C14H12O5S. The van der Waals surface area contributed by atoms with Crippen LogP contribution < -0.4 is 4.18 Å². The molecule has 0 aliphatic heterocycles. The quantitative estimate of drug-likeness (QED) is 0.690. The van der Waals surface area contributed by atoms with Gasteiger partial charge in [0.1, 0.15) is 22.7 Å². The Bertz CT molecular complexity index is 750. The van der Waals surface area contributed by atoms with Gasteiger partial charge in [-0.25, -0.2) is 0 Å². The van der Waals surface area contributed by atoms with Crippen molar-refractivity contribution in [3.8, 4) is 11.5 Å². The first-order valence-corrected chi connectivity index (χ1v) is 7.12. The Labute approximate surface area is 116 Å². The zero-order valence-corrected chi connectivity index (χ0v) is 11.4. The number of carbonyl (C=O) groups excluding carboxylic acids is 1. The minimum atomic E-state index is -4.05. The molecule has 0 fully saturated rings. The van der Waals surface area contributed by atoms with Crippen molar-refractivity contribution in [2.45, 2.75) is 11.8 Å². The maximum atomic E-state index is 12.0. The van der Waals surface area contributed by atoms with Crippen LogP contribution in [0.15, 0.2) is 47.4 Å². The minimum Gasteiger partial charge on any atom is -0.508 e. The molecule has 1 N–H and O–H groups in total. The van der Waals surface area contributed by atoms with Gasteiger partial charge in [0.25, 0.3) is 0 Å². The van der Waals surface area contributed by atoms with Crippen molar-refractivity contribution in [1.29, 1.82) is 0 Å². The van der Waals surface area contributed by atoms with Crippen LogP contribution in [0.3, 0.4) is 0 Å². The van der Waals surface area contributed by atoms with Crippen molar-refractivity contribution in [3.63, 3.8) is 0 Å². The lowest BCUT2D eigenvalue weighted by Crippen LogP contribution is -2.09. The van der Waals surface area contributed by atoms with Crippen LogP contribution in [0, 0.1) is 6.92 Å². The summed E-state index contributed by atoms with van der Waals surface area (Å²) in [6.07, 6.45) is 0.594. The van der Waals surface area contributed by atoms with Crippen molar-refractivity contribution in [3.05, 3.63) is 53.6 Å². The van der Waals surface area contributed by atoms with Crippen LogP contribution in [0.2, 0.25) is 0 Å². The van der Waals surface area contributed by atoms with Gasteiger partial charge in [-0.3, -0.25) is 4.79 Å². The van der Waals surface area contributed by atoms with E-state index in [0.717, 1.165) is 6.07 Å². The molecule has 0 aromatic heterocycles. The maximum Gasteiger partial charge on any atom is 0.339 e. The van der Waals surface area contributed by atoms with E-state index in [4.69, 9.17) is 4.18 Å². The average molecular weight is 292 g/mol. The zero-order chi connectivity index (χ0) is 14.8. The molecule has 0 amide bonds. The predicted octanol–water partition coefficient (Wildman–Crippen LogP) is 2.28. The number of rotatable bonds is 4. The van der Waals surface area contributed by atoms with Gasteiger partial charge in [-0.2, -0.15) is 8.42 Å². The zero-order valence-electron chi connectivity index (χ0n) is 10.6. The molecule has 6 heteroatoms. The molecule has 0 unspecified atom stereocenters. The summed E-state index contributed by atoms with van der Waals surface area (Å²) in [6.45, 7) is 1.65. The van der Waals surface area contributed by atoms with Gasteiger partial charge in [0.05, 0.1) is 0 Å². The number of carbonyl (C=O) groups is 1. The number of hydrogen-bond donors (Lipinski definition) is 1. The van der Waals surface area contributed by atoms with Gasteiger partial charge in [-0.1, -0.05) is 18.2 Å². The van der Waals surface area contributed by atoms with E-state index in [9.17, 15) is 18.3 Å². The Morgan fingerprint density at radius 3 is 2.55 bits per heavy atom. The number of benzene rings is 2. The highest BCUT2D eigenvalue weighted by Gasteiger charge is 2.18. The minimum absolute atomic E-state index is 0.0367. The number of hydrogen-bond acceptors (Lipinski definition) is 5. The fourth-order valence-corrected chi connectivity index (χ4v) is 2.50. The second-order valence-electron chi connectivity index (χ2n) is 4.18. The van der Waals surface area contributed by atoms with E-state index >= 15 is 0 Å². The average Bonchev–Trinajstić information content (AvgIpc) is 2.41. The highest BCUT2D eigenvalue weighted by atomic mass is 32.2. The maximum absolute atomic E-state index is 12.0. The first-order chi connectivity index (χ1) is 9.42. The summed E-state index contributed by atoms with van der Waals surface area (Å²) in [4.78, 5) is 10.5. The molecule has 0 spiro atoms. The topological polar surface area (TPSA) is 80.7 Å². The standard InChI is InChI=1S/C14H12O5S/c1-10-5-6-13(8-14(10)16)20(17,18)19-12-4-2-3-11(7-12)9-15/h2-9,16H,1H3. The van der Waals surface area contributed by atoms with Crippen molar-refractivity contribution in [2.24, 2.45) is 0 Å². The molecule has 0 aliphatic rings. The summed E-state index contributed by atoms with van der Waals surface area (Å²) >= 11 is 0. The Balaban J connectivity index is 2.35. The van der Waals surface area contributed by atoms with Gasteiger partial charge >= 0.3 is 10.1 Å². The molecule has 0 heterocycles. The van der Waals surface area contributed by atoms with E-state index in [1.165, 1.54) is 36.4 Å². The molecule has 0 saturated heterocycles. The molecule has 0 aliphatic carbocycles. The largest absolute Gasteiger partial charge is 0.508 e. The van der Waals surface area contributed by atoms with Crippen LogP contribution in [0.5, 0.6) is 11.5 Å². The lowest BCUT2D eigenvalue weighted by Gasteiger charge is -2.08. The summed E-state index contributed by atoms with van der Waals surface area (Å²) in [5.41, 5.74) is 0.872. The van der Waals surface area contributed by atoms with Gasteiger partial charge in [-0.15, -0.1) is 0 Å². The van der Waals surface area contributed by atoms with Crippen LogP contribution in [-0.4, -0.2) is 19.8 Å². The first-order valence-electron chi connectivity index (χ1n) is 5.72. The SMILES string of the molecule is Cc1ccc(S(=O)(=O)Oc2cccc(C=O)c2)cc1O. The highest BCUT2D eigenvalue weighted by Crippen LogP contribution is 2.24. The third-order valence-electron chi connectivity index (χ3n) is 2.67. The fraction of sp³-hybridized carbons (Fsp3) is 0.0714. The smallest absolute Gasteiger partial charge is 0.339 e. The molecule has 0 saturated carbocycles. The molecule has 0 radical (unpaired) electrons. The first kappa shape index (κ1) is 14.1. The molecule has 20 heavy (non-hydrogen) atoms. The number of aryl methyl sites for hydroxylation is 1. The Morgan fingerprint density at radius 1 is 1.15 bits per heavy atom. The molecule has 2 aromatic rings. The summed E-state index contributed by atoms with van der Waals surface area (Å²) in [5.74, 6) is -0.0917. The summed E-state index contributed by atoms with van der Waals surface area (Å²) in [6, 6.07) is 9.73. The van der Waals surface area contributed by atoms with Gasteiger partial charge < -0.3 is 9.29 Å². The summed E-state index contributed by atoms with van der Waals surface area (Å²) in [5, 5.41) is 9.55. The van der Waals surface area contributed by atoms with Gasteiger partial charge in [0, 0.05) is 11.6 Å². The van der Waals surface area contributed by atoms with Crippen LogP contribution in [0.4, 0.5) is 0 Å². The van der Waals surface area contributed by atoms with Crippen molar-refractivity contribution < 1.29 is 22.5 Å². The van der Waals surface area contributed by atoms with Crippen LogP contribution in [0.25, 0.3) is 0 Å². The highest BCUT2D eigenvalue weighted by molar-refractivity contribution is 7.87. The van der Waals surface area contributed by atoms with E-state index in [-0.39, 0.29) is 16.4 Å². The van der Waals surface area contributed by atoms with E-state index in [2.05, 4.69) is 0 Å². The lowest BCUT2D eigenvalue weighted by molar-refractivity contribution is 0.112. The Hall–Kier alpha value is -2.34. The molecule has 2 rings (SSSR count). The van der Waals surface area contributed by atoms with Crippen molar-refractivity contribution >= 4 is 16.4 Å². The van der Waals surface area contributed by atoms with Gasteiger partial charge in [0.2, 0.25) is 0 Å². The van der Waals surface area contributed by atoms with Crippen molar-refractivity contribution in [1.82, 2.24) is 0 Å². The summed E-state index contributed by atoms with van der Waals surface area (Å²) < 4.78 is 29.0. The third kappa shape index (κ3) is 2.97. The van der Waals surface area contributed by atoms with Crippen LogP contribution in [-0.2, 0) is 10.1 Å². The number of phenolic OH excluding ortho intramolecular Hbond substituents is 1. The predicted molar refractivity (Wildman–Crippen MR) is 72.5 cm³/mol. The van der Waals surface area contributed by atoms with E-state index in [0.29, 0.717) is 17.4 Å². The van der Waals surface area contributed by atoms with Crippen molar-refractivity contribution in [2.75, 3.05) is 0 Å². The third-order valence-corrected chi connectivity index (χ3v) is 3.91. The van der Waals surface area contributed by atoms with E-state index < -0.39 is 10.1 Å². The lowest BCUT2D eigenvalue weighted by atomic mass is 10.2. The monoisotopic (exact) mass is 292 g/mol. The van der Waals surface area contributed by atoms with Crippen LogP contribution >= 0.6 is 0 Å². The molecular weight excluding hydrogens is 280 g/mol. The Kier molecular flexibility index (Phi) is 3.76. The molecule has 0 bridgehead atoms. The van der Waals surface area contributed by atoms with E-state index in [1.807, 2.05) is 0 Å². The second kappa shape index (κ2) is 5.34. The fourth-order valence-electron chi connectivity index (χ4n) is 1.56. The van der Waals surface area contributed by atoms with Crippen LogP contribution in [0.1, 0.15) is 15.9 Å². The number of aldehydes is 1. The second-order valence-corrected chi connectivity index (χ2v) is 5.72.